The summed E-state index contributed by atoms with van der Waals surface area (Å²) in [5, 5.41) is -0.0794. The van der Waals surface area contributed by atoms with Gasteiger partial charge in [-0.1, -0.05) is 35.9 Å². The predicted molar refractivity (Wildman–Crippen MR) is 114 cm³/mol. The van der Waals surface area contributed by atoms with Gasteiger partial charge in [0.05, 0.1) is 34.3 Å². The van der Waals surface area contributed by atoms with Crippen LogP contribution in [-0.2, 0) is 17.1 Å². The van der Waals surface area contributed by atoms with Crippen LogP contribution < -0.4 is 9.46 Å². The van der Waals surface area contributed by atoms with Gasteiger partial charge >= 0.3 is 6.18 Å². The molecule has 33 heavy (non-hydrogen) atoms. The van der Waals surface area contributed by atoms with Crippen molar-refractivity contribution in [1.29, 1.82) is 0 Å². The van der Waals surface area contributed by atoms with Gasteiger partial charge in [-0.2, -0.15) is 13.2 Å². The third kappa shape index (κ3) is 4.71. The first kappa shape index (κ1) is 22.8. The molecule has 4 aromatic rings. The highest BCUT2D eigenvalue weighted by Gasteiger charge is 2.45. The van der Waals surface area contributed by atoms with Crippen LogP contribution >= 0.6 is 11.6 Å². The summed E-state index contributed by atoms with van der Waals surface area (Å²) in [7, 11) is -2.96. The number of alkyl halides is 3. The summed E-state index contributed by atoms with van der Waals surface area (Å²) in [6.07, 6.45) is -5.16. The maximum absolute atomic E-state index is 13.9. The Morgan fingerprint density at radius 3 is 2.30 bits per heavy atom. The summed E-state index contributed by atoms with van der Waals surface area (Å²) in [6, 6.07) is 11.9. The van der Waals surface area contributed by atoms with Crippen LogP contribution in [-0.4, -0.2) is 34.1 Å². The number of aromatic nitrogens is 4. The van der Waals surface area contributed by atoms with Crippen LogP contribution in [0.1, 0.15) is 11.8 Å². The van der Waals surface area contributed by atoms with E-state index in [4.69, 9.17) is 16.3 Å². The molecule has 0 aliphatic carbocycles. The van der Waals surface area contributed by atoms with Crippen molar-refractivity contribution in [3.8, 4) is 5.88 Å². The molecule has 0 saturated carbocycles. The summed E-state index contributed by atoms with van der Waals surface area (Å²) in [6.45, 7) is 0. The normalized spacial score (nSPS) is 13.1. The number of para-hydroxylation sites is 2. The fourth-order valence-corrected chi connectivity index (χ4v) is 4.52. The third-order valence-electron chi connectivity index (χ3n) is 4.55. The van der Waals surface area contributed by atoms with E-state index in [1.807, 2.05) is 0 Å². The Kier molecular flexibility index (Phi) is 5.89. The zero-order valence-electron chi connectivity index (χ0n) is 16.8. The number of fused-ring (bicyclic) bond motifs is 1. The summed E-state index contributed by atoms with van der Waals surface area (Å²) in [5.41, 5.74) is 0.141. The van der Waals surface area contributed by atoms with Gasteiger partial charge in [-0.05, 0) is 24.3 Å². The quantitative estimate of drug-likeness (QED) is 0.421. The summed E-state index contributed by atoms with van der Waals surface area (Å²) >= 11 is 5.99. The van der Waals surface area contributed by atoms with Crippen molar-refractivity contribution in [2.24, 2.45) is 7.05 Å². The molecule has 2 aromatic heterocycles. The molecule has 2 aromatic carbocycles. The van der Waals surface area contributed by atoms with Gasteiger partial charge in [0.2, 0.25) is 11.9 Å². The molecule has 0 bridgehead atoms. The first-order chi connectivity index (χ1) is 15.6. The lowest BCUT2D eigenvalue weighted by atomic mass is 10.2. The molecule has 0 amide bonds. The number of benzene rings is 2. The number of halogens is 4. The smallest absolute Gasteiger partial charge is 0.431 e. The Hall–Kier alpha value is -3.38. The van der Waals surface area contributed by atoms with Gasteiger partial charge in [0, 0.05) is 7.05 Å². The van der Waals surface area contributed by atoms with Crippen molar-refractivity contribution in [1.82, 2.24) is 19.5 Å². The van der Waals surface area contributed by atoms with Crippen LogP contribution in [0.4, 0.5) is 19.0 Å². The van der Waals surface area contributed by atoms with Crippen molar-refractivity contribution in [2.75, 3.05) is 4.72 Å². The number of ether oxygens (including phenoxy) is 1. The molecule has 0 aliphatic rings. The van der Waals surface area contributed by atoms with Crippen molar-refractivity contribution in [2.45, 2.75) is 17.2 Å². The molecular weight excluding hydrogens is 483 g/mol. The van der Waals surface area contributed by atoms with E-state index < -0.39 is 34.0 Å². The number of anilines is 1. The van der Waals surface area contributed by atoms with Gasteiger partial charge < -0.3 is 9.30 Å². The van der Waals surface area contributed by atoms with Gasteiger partial charge in [-0.15, -0.1) is 0 Å². The number of hydrogen-bond acceptors (Lipinski definition) is 6. The van der Waals surface area contributed by atoms with Gasteiger partial charge in [-0.25, -0.2) is 23.4 Å². The number of imidazole rings is 1. The highest BCUT2D eigenvalue weighted by atomic mass is 35.5. The summed E-state index contributed by atoms with van der Waals surface area (Å²) < 4.78 is 76.0. The van der Waals surface area contributed by atoms with Gasteiger partial charge in [0.1, 0.15) is 4.90 Å². The highest BCUT2D eigenvalue weighted by Crippen LogP contribution is 2.38. The lowest BCUT2D eigenvalue weighted by molar-refractivity contribution is -0.200. The number of hydrogen-bond donors (Lipinski definition) is 1. The second kappa shape index (κ2) is 8.52. The molecule has 172 valence electrons. The minimum absolute atomic E-state index is 0.0794. The van der Waals surface area contributed by atoms with E-state index >= 15 is 0 Å². The Labute approximate surface area is 191 Å². The van der Waals surface area contributed by atoms with Gasteiger partial charge in [0.15, 0.2) is 0 Å². The minimum atomic E-state index is -4.86. The predicted octanol–water partition coefficient (Wildman–Crippen LogP) is 4.50. The van der Waals surface area contributed by atoms with Crippen molar-refractivity contribution < 1.29 is 26.3 Å². The number of aryl methyl sites for hydroxylation is 1. The number of rotatable bonds is 6. The van der Waals surface area contributed by atoms with Crippen molar-refractivity contribution >= 4 is 38.5 Å². The summed E-state index contributed by atoms with van der Waals surface area (Å²) in [5.74, 6) is -1.18. The fraction of sp³-hybridized carbons (Fsp3) is 0.150. The zero-order chi connectivity index (χ0) is 23.8. The monoisotopic (exact) mass is 497 g/mol. The SMILES string of the molecule is Cn1cncc1C(Oc1nc2ccccc2nc1NS(=O)(=O)c1ccccc1Cl)C(F)(F)F. The first-order valence-electron chi connectivity index (χ1n) is 9.30. The molecule has 0 fully saturated rings. The molecule has 8 nitrogen and oxygen atoms in total. The Morgan fingerprint density at radius 1 is 1.06 bits per heavy atom. The van der Waals surface area contributed by atoms with Crippen LogP contribution in [0.5, 0.6) is 5.88 Å². The van der Waals surface area contributed by atoms with E-state index in [9.17, 15) is 21.6 Å². The molecule has 13 heteroatoms. The molecule has 1 unspecified atom stereocenters. The van der Waals surface area contributed by atoms with Crippen LogP contribution in [0.15, 0.2) is 66.0 Å². The van der Waals surface area contributed by atoms with E-state index in [0.717, 1.165) is 10.8 Å². The number of sulfonamides is 1. The maximum atomic E-state index is 13.9. The Balaban J connectivity index is 1.83. The molecular formula is C20H15ClF3N5O3S. The van der Waals surface area contributed by atoms with Crippen molar-refractivity contribution in [3.63, 3.8) is 0 Å². The van der Waals surface area contributed by atoms with Gasteiger partial charge in [-0.3, -0.25) is 4.72 Å². The number of nitrogens with one attached hydrogen (secondary N) is 1. The molecule has 0 aliphatic heterocycles. The van der Waals surface area contributed by atoms with Gasteiger partial charge in [0.25, 0.3) is 15.9 Å². The molecule has 1 N–H and O–H groups in total. The standard InChI is InChI=1S/C20H15ClF3N5O3S/c1-29-11-25-10-15(29)17(20(22,23)24)32-19-18(26-13-7-3-4-8-14(13)27-19)28-33(30,31)16-9-5-2-6-12(16)21/h2-11,17H,1H3,(H,26,28). The van der Waals surface area contributed by atoms with Crippen molar-refractivity contribution in [3.05, 3.63) is 71.8 Å². The molecule has 1 atom stereocenters. The molecule has 2 heterocycles. The van der Waals surface area contributed by atoms with Crippen LogP contribution in [0.25, 0.3) is 11.0 Å². The number of nitrogens with zero attached hydrogens (tertiary/aromatic N) is 4. The topological polar surface area (TPSA) is 99.0 Å². The zero-order valence-corrected chi connectivity index (χ0v) is 18.4. The lowest BCUT2D eigenvalue weighted by Gasteiger charge is -2.22. The minimum Gasteiger partial charge on any atom is -0.455 e. The molecule has 0 radical (unpaired) electrons. The van der Waals surface area contributed by atoms with E-state index in [-0.39, 0.29) is 26.6 Å². The van der Waals surface area contributed by atoms with E-state index in [1.165, 1.54) is 49.8 Å². The van der Waals surface area contributed by atoms with Crippen LogP contribution in [0.2, 0.25) is 5.02 Å². The Bertz CT molecular complexity index is 1430. The highest BCUT2D eigenvalue weighted by molar-refractivity contribution is 7.92. The Morgan fingerprint density at radius 2 is 1.70 bits per heavy atom. The van der Waals surface area contributed by atoms with E-state index in [2.05, 4.69) is 19.7 Å². The average molecular weight is 498 g/mol. The third-order valence-corrected chi connectivity index (χ3v) is 6.38. The lowest BCUT2D eigenvalue weighted by Crippen LogP contribution is -2.29. The first-order valence-corrected chi connectivity index (χ1v) is 11.2. The second-order valence-electron chi connectivity index (χ2n) is 6.87. The molecule has 4 rings (SSSR count). The fourth-order valence-electron chi connectivity index (χ4n) is 3.00. The van der Waals surface area contributed by atoms with E-state index in [1.54, 1.807) is 12.1 Å². The largest absolute Gasteiger partial charge is 0.455 e. The maximum Gasteiger partial charge on any atom is 0.431 e. The van der Waals surface area contributed by atoms with Crippen LogP contribution in [0.3, 0.4) is 0 Å². The molecule has 0 saturated heterocycles. The van der Waals surface area contributed by atoms with E-state index in [0.29, 0.717) is 0 Å². The molecule has 0 spiro atoms. The van der Waals surface area contributed by atoms with Crippen LogP contribution in [0, 0.1) is 0 Å². The second-order valence-corrected chi connectivity index (χ2v) is 8.93. The summed E-state index contributed by atoms with van der Waals surface area (Å²) in [4.78, 5) is 11.7. The average Bonchev–Trinajstić information content (AvgIpc) is 3.16.